The van der Waals surface area contributed by atoms with Gasteiger partial charge in [0.1, 0.15) is 5.76 Å². The minimum Gasteiger partial charge on any atom is -0.468 e. The summed E-state index contributed by atoms with van der Waals surface area (Å²) in [6, 6.07) is 3.34. The molecular weight excluding hydrogens is 233 g/mol. The zero-order valence-corrected chi connectivity index (χ0v) is 12.0. The molecule has 1 aromatic heterocycles. The predicted molar refractivity (Wildman–Crippen MR) is 48.7 cm³/mol. The molecule has 0 N–H and O–H groups in total. The second-order valence-electron chi connectivity index (χ2n) is 3.12. The number of hydrogen-bond acceptors (Lipinski definition) is 2. The molecule has 0 bridgehead atoms. The smallest absolute Gasteiger partial charge is 0.468 e. The second-order valence-corrected chi connectivity index (χ2v) is 3.12. The number of rotatable bonds is 5. The molecule has 2 nitrogen and oxygen atoms in total. The zero-order chi connectivity index (χ0) is 10.6. The van der Waals surface area contributed by atoms with Crippen molar-refractivity contribution in [2.75, 3.05) is 13.0 Å². The van der Waals surface area contributed by atoms with Crippen LogP contribution in [-0.2, 0) is 6.54 Å². The molecule has 7 heteroatoms. The van der Waals surface area contributed by atoms with Gasteiger partial charge in [-0.1, -0.05) is 6.92 Å². The Morgan fingerprint density at radius 2 is 2.07 bits per heavy atom. The number of hydrogen-bond donors (Lipinski definition) is 0. The van der Waals surface area contributed by atoms with E-state index in [0.29, 0.717) is 12.3 Å². The van der Waals surface area contributed by atoms with E-state index in [1.807, 2.05) is 0 Å². The summed E-state index contributed by atoms with van der Waals surface area (Å²) in [5.41, 5.74) is 0. The Morgan fingerprint density at radius 1 is 1.40 bits per heavy atom. The van der Waals surface area contributed by atoms with Crippen molar-refractivity contribution in [3.8, 4) is 0 Å². The van der Waals surface area contributed by atoms with Crippen molar-refractivity contribution in [2.24, 2.45) is 0 Å². The van der Waals surface area contributed by atoms with Gasteiger partial charge >= 0.3 is 58.4 Å². The van der Waals surface area contributed by atoms with E-state index in [9.17, 15) is 12.9 Å². The Kier molecular flexibility index (Phi) is 7.48. The quantitative estimate of drug-likeness (QED) is 0.650. The van der Waals surface area contributed by atoms with E-state index < -0.39 is 13.4 Å². The summed E-state index contributed by atoms with van der Waals surface area (Å²) in [5.74, 6) is 0.562. The van der Waals surface area contributed by atoms with E-state index in [1.54, 1.807) is 19.1 Å². The van der Waals surface area contributed by atoms with Gasteiger partial charge in [0.15, 0.2) is 0 Å². The van der Waals surface area contributed by atoms with Crippen molar-refractivity contribution in [1.82, 2.24) is 4.90 Å². The molecule has 0 radical (unpaired) electrons. The summed E-state index contributed by atoms with van der Waals surface area (Å²) in [5, 5.41) is 0. The largest absolute Gasteiger partial charge is 1.00 e. The van der Waals surface area contributed by atoms with Gasteiger partial charge in [-0.3, -0.25) is 0 Å². The Morgan fingerprint density at radius 3 is 2.47 bits per heavy atom. The summed E-state index contributed by atoms with van der Waals surface area (Å²) in [7, 11) is 0. The summed E-state index contributed by atoms with van der Waals surface area (Å²) >= 11 is 0. The molecule has 0 aromatic carbocycles. The monoisotopic (exact) mass is 245 g/mol. The third kappa shape index (κ3) is 6.81. The van der Waals surface area contributed by atoms with E-state index in [2.05, 4.69) is 0 Å². The molecule has 0 saturated carbocycles. The van der Waals surface area contributed by atoms with Crippen LogP contribution >= 0.6 is 0 Å². The molecule has 0 aliphatic heterocycles. The van der Waals surface area contributed by atoms with Crippen molar-refractivity contribution in [3.63, 3.8) is 0 Å². The van der Waals surface area contributed by atoms with Crippen LogP contribution in [0.1, 0.15) is 12.7 Å². The third-order valence-corrected chi connectivity index (χ3v) is 1.87. The van der Waals surface area contributed by atoms with Crippen LogP contribution in [-0.4, -0.2) is 24.9 Å². The average Bonchev–Trinajstić information content (AvgIpc) is 2.53. The average molecular weight is 245 g/mol. The van der Waals surface area contributed by atoms with E-state index >= 15 is 0 Å². The zero-order valence-electron chi connectivity index (χ0n) is 8.92. The SMILES string of the molecule is CCN(Cc1ccco1)C[B-](F)(F)F.[K+]. The third-order valence-electron chi connectivity index (χ3n) is 1.87. The fourth-order valence-corrected chi connectivity index (χ4v) is 1.22. The van der Waals surface area contributed by atoms with Gasteiger partial charge in [0.25, 0.3) is 0 Å². The summed E-state index contributed by atoms with van der Waals surface area (Å²) in [6.07, 6.45) is 0.624. The normalized spacial score (nSPS) is 11.5. The molecule has 0 atom stereocenters. The van der Waals surface area contributed by atoms with E-state index in [-0.39, 0.29) is 57.9 Å². The fraction of sp³-hybridized carbons (Fsp3) is 0.500. The minimum absolute atomic E-state index is 0. The maximum Gasteiger partial charge on any atom is 1.00 e. The minimum atomic E-state index is -4.75. The molecule has 1 rings (SSSR count). The molecule has 0 saturated heterocycles. The van der Waals surface area contributed by atoms with Crippen LogP contribution in [0, 0.1) is 0 Å². The fourth-order valence-electron chi connectivity index (χ4n) is 1.22. The number of nitrogens with zero attached hydrogens (tertiary/aromatic N) is 1. The van der Waals surface area contributed by atoms with E-state index in [4.69, 9.17) is 4.42 Å². The van der Waals surface area contributed by atoms with Crippen LogP contribution in [0.2, 0.25) is 0 Å². The van der Waals surface area contributed by atoms with Crippen LogP contribution in [0.15, 0.2) is 22.8 Å². The number of halogens is 3. The maximum absolute atomic E-state index is 12.1. The van der Waals surface area contributed by atoms with Crippen LogP contribution in [0.4, 0.5) is 12.9 Å². The Hall–Kier alpha value is 0.731. The van der Waals surface area contributed by atoms with Gasteiger partial charge in [-0.05, 0) is 25.1 Å². The van der Waals surface area contributed by atoms with Crippen molar-refractivity contribution in [3.05, 3.63) is 24.2 Å². The molecule has 0 spiro atoms. The number of furan rings is 1. The molecule has 0 aliphatic carbocycles. The Labute approximate surface area is 130 Å². The van der Waals surface area contributed by atoms with Crippen LogP contribution in [0.3, 0.4) is 0 Å². The molecule has 0 unspecified atom stereocenters. The first kappa shape index (κ1) is 15.7. The summed E-state index contributed by atoms with van der Waals surface area (Å²) in [4.78, 5) is 1.30. The van der Waals surface area contributed by atoms with Crippen molar-refractivity contribution in [1.29, 1.82) is 0 Å². The van der Waals surface area contributed by atoms with Crippen LogP contribution in [0.5, 0.6) is 0 Å². The second kappa shape index (κ2) is 7.13. The summed E-state index contributed by atoms with van der Waals surface area (Å²) < 4.78 is 41.3. The molecule has 80 valence electrons. The molecule has 0 fully saturated rings. The van der Waals surface area contributed by atoms with Gasteiger partial charge in [0, 0.05) is 0 Å². The Bertz CT molecular complexity index is 265. The molecule has 15 heavy (non-hydrogen) atoms. The van der Waals surface area contributed by atoms with Crippen LogP contribution in [0.25, 0.3) is 0 Å². The van der Waals surface area contributed by atoms with Gasteiger partial charge < -0.3 is 22.3 Å². The molecular formula is C8H12BF3KNO. The topological polar surface area (TPSA) is 16.4 Å². The Balaban J connectivity index is 0.00000196. The van der Waals surface area contributed by atoms with E-state index in [0.717, 1.165) is 0 Å². The summed E-state index contributed by atoms with van der Waals surface area (Å²) in [6.45, 7) is -2.48. The van der Waals surface area contributed by atoms with Crippen molar-refractivity contribution >= 4 is 6.98 Å². The standard InChI is InChI=1S/C8H12BF3NO.K/c1-2-13(7-9(10,11)12)6-8-4-3-5-14-8;/h3-5H,2,6-7H2,1H3;/q-1;+1. The van der Waals surface area contributed by atoms with Gasteiger partial charge in [-0.25, -0.2) is 0 Å². The van der Waals surface area contributed by atoms with Crippen LogP contribution < -0.4 is 51.4 Å². The molecule has 1 heterocycles. The predicted octanol–water partition coefficient (Wildman–Crippen LogP) is -0.508. The van der Waals surface area contributed by atoms with Crippen molar-refractivity contribution in [2.45, 2.75) is 13.5 Å². The first-order valence-electron chi connectivity index (χ1n) is 4.47. The maximum atomic E-state index is 12.1. The first-order chi connectivity index (χ1) is 6.51. The van der Waals surface area contributed by atoms with Gasteiger partial charge in [0.2, 0.25) is 0 Å². The van der Waals surface area contributed by atoms with Gasteiger partial charge in [0.05, 0.1) is 12.8 Å². The van der Waals surface area contributed by atoms with E-state index in [1.165, 1.54) is 11.2 Å². The molecule has 0 aliphatic rings. The first-order valence-corrected chi connectivity index (χ1v) is 4.47. The molecule has 1 aromatic rings. The van der Waals surface area contributed by atoms with Gasteiger partial charge in [-0.2, -0.15) is 0 Å². The van der Waals surface area contributed by atoms with Crippen molar-refractivity contribution < 1.29 is 68.7 Å². The van der Waals surface area contributed by atoms with Gasteiger partial charge in [-0.15, -0.1) is 0 Å². The molecule has 0 amide bonds.